The zero-order chi connectivity index (χ0) is 24.0. The molecule has 0 aliphatic carbocycles. The van der Waals surface area contributed by atoms with Gasteiger partial charge in [-0.05, 0) is 30.5 Å². The Bertz CT molecular complexity index is 1080. The lowest BCUT2D eigenvalue weighted by molar-refractivity contribution is -0.118. The fourth-order valence-corrected chi connectivity index (χ4v) is 5.59. The summed E-state index contributed by atoms with van der Waals surface area (Å²) >= 11 is 1.30. The molecule has 3 rings (SSSR count). The van der Waals surface area contributed by atoms with Crippen LogP contribution in [0.3, 0.4) is 0 Å². The van der Waals surface area contributed by atoms with Gasteiger partial charge in [0.05, 0.1) is 18.1 Å². The van der Waals surface area contributed by atoms with Crippen molar-refractivity contribution in [1.29, 1.82) is 0 Å². The van der Waals surface area contributed by atoms with Crippen molar-refractivity contribution in [2.75, 3.05) is 31.6 Å². The Morgan fingerprint density at radius 3 is 2.61 bits per heavy atom. The molecule has 0 bridgehead atoms. The number of morpholine rings is 1. The van der Waals surface area contributed by atoms with E-state index < -0.39 is 27.9 Å². The molecule has 12 heteroatoms. The summed E-state index contributed by atoms with van der Waals surface area (Å²) in [6.45, 7) is 6.85. The third-order valence-electron chi connectivity index (χ3n) is 5.10. The van der Waals surface area contributed by atoms with Crippen LogP contribution in [0.4, 0.5) is 5.13 Å². The molecule has 2 aromatic rings. The number of sulfonamides is 1. The van der Waals surface area contributed by atoms with Crippen molar-refractivity contribution in [3.8, 4) is 0 Å². The summed E-state index contributed by atoms with van der Waals surface area (Å²) in [5, 5.41) is 14.7. The Morgan fingerprint density at radius 2 is 1.94 bits per heavy atom. The Balaban J connectivity index is 1.72. The first kappa shape index (κ1) is 25.2. The van der Waals surface area contributed by atoms with Gasteiger partial charge >= 0.3 is 0 Å². The van der Waals surface area contributed by atoms with E-state index in [2.05, 4.69) is 20.8 Å². The van der Waals surface area contributed by atoms with Crippen LogP contribution in [0.15, 0.2) is 29.2 Å². The van der Waals surface area contributed by atoms with Gasteiger partial charge in [-0.3, -0.25) is 14.9 Å². The van der Waals surface area contributed by atoms with Crippen molar-refractivity contribution >= 4 is 38.3 Å². The maximum Gasteiger partial charge on any atom is 0.251 e. The number of carbonyl (C=O) groups excluding carboxylic acids is 2. The largest absolute Gasteiger partial charge is 0.379 e. The standard InChI is InChI=1S/C21H29N5O5S2/c1-4-6-17-24-25-21(32-17)23-20(28)18(14(2)3)22-19(27)15-7-5-8-16(13-15)33(29,30)26-9-11-31-12-10-26/h5,7-8,13-14,18H,4,6,9-12H2,1-3H3,(H,22,27)(H,23,25,28)/t18-/m0/s1. The van der Waals surface area contributed by atoms with Crippen LogP contribution in [0, 0.1) is 5.92 Å². The number of ether oxygens (including phenoxy) is 1. The fourth-order valence-electron chi connectivity index (χ4n) is 3.30. The predicted molar refractivity (Wildman–Crippen MR) is 125 cm³/mol. The molecule has 0 spiro atoms. The van der Waals surface area contributed by atoms with Crippen molar-refractivity contribution in [2.45, 2.75) is 44.6 Å². The normalized spacial score (nSPS) is 15.9. The summed E-state index contributed by atoms with van der Waals surface area (Å²) in [6.07, 6.45) is 1.70. The van der Waals surface area contributed by atoms with Gasteiger partial charge in [-0.15, -0.1) is 10.2 Å². The second-order valence-corrected chi connectivity index (χ2v) is 11.0. The van der Waals surface area contributed by atoms with E-state index in [1.54, 1.807) is 0 Å². The van der Waals surface area contributed by atoms with Gasteiger partial charge in [0.1, 0.15) is 11.0 Å². The van der Waals surface area contributed by atoms with E-state index in [1.165, 1.54) is 39.9 Å². The quantitative estimate of drug-likeness (QED) is 0.543. The minimum atomic E-state index is -3.74. The van der Waals surface area contributed by atoms with Crippen molar-refractivity contribution in [3.63, 3.8) is 0 Å². The Hall–Kier alpha value is -2.41. The molecule has 0 saturated carbocycles. The lowest BCUT2D eigenvalue weighted by atomic mass is 10.0. The van der Waals surface area contributed by atoms with Gasteiger partial charge in [0, 0.05) is 25.1 Å². The van der Waals surface area contributed by atoms with Crippen LogP contribution in [0.1, 0.15) is 42.6 Å². The van der Waals surface area contributed by atoms with Gasteiger partial charge in [-0.1, -0.05) is 38.2 Å². The molecule has 0 unspecified atom stereocenters. The van der Waals surface area contributed by atoms with Crippen molar-refractivity contribution in [1.82, 2.24) is 19.8 Å². The third kappa shape index (κ3) is 6.34. The molecule has 2 N–H and O–H groups in total. The number of rotatable bonds is 9. The molecule has 180 valence electrons. The van der Waals surface area contributed by atoms with Crippen LogP contribution in [0.25, 0.3) is 0 Å². The first-order valence-electron chi connectivity index (χ1n) is 10.8. The molecule has 2 heterocycles. The average Bonchev–Trinajstić information content (AvgIpc) is 3.24. The second kappa shape index (κ2) is 11.1. The molecule has 1 fully saturated rings. The summed E-state index contributed by atoms with van der Waals surface area (Å²) in [6, 6.07) is 4.98. The highest BCUT2D eigenvalue weighted by molar-refractivity contribution is 7.89. The second-order valence-electron chi connectivity index (χ2n) is 7.98. The van der Waals surface area contributed by atoms with Crippen molar-refractivity contribution in [3.05, 3.63) is 34.8 Å². The summed E-state index contributed by atoms with van der Waals surface area (Å²) in [5.74, 6) is -1.15. The number of anilines is 1. The third-order valence-corrected chi connectivity index (χ3v) is 7.89. The highest BCUT2D eigenvalue weighted by Gasteiger charge is 2.29. The number of benzene rings is 1. The van der Waals surface area contributed by atoms with Crippen LogP contribution >= 0.6 is 11.3 Å². The number of amides is 2. The molecular weight excluding hydrogens is 466 g/mol. The van der Waals surface area contributed by atoms with Crippen LogP contribution in [0.5, 0.6) is 0 Å². The van der Waals surface area contributed by atoms with Gasteiger partial charge in [0.25, 0.3) is 5.91 Å². The SMILES string of the molecule is CCCc1nnc(NC(=O)[C@@H](NC(=O)c2cccc(S(=O)(=O)N3CCOCC3)c2)C(C)C)s1. The van der Waals surface area contributed by atoms with Gasteiger partial charge in [-0.25, -0.2) is 8.42 Å². The zero-order valence-electron chi connectivity index (χ0n) is 18.9. The van der Waals surface area contributed by atoms with Crippen molar-refractivity contribution in [2.24, 2.45) is 5.92 Å². The Kier molecular flexibility index (Phi) is 8.51. The van der Waals surface area contributed by atoms with Gasteiger partial charge in [0.15, 0.2) is 0 Å². The Labute approximate surface area is 197 Å². The van der Waals surface area contributed by atoms with Gasteiger partial charge in [-0.2, -0.15) is 4.31 Å². The first-order valence-corrected chi connectivity index (χ1v) is 13.1. The number of hydrogen-bond donors (Lipinski definition) is 2. The molecule has 1 aromatic carbocycles. The first-order chi connectivity index (χ1) is 15.7. The van der Waals surface area contributed by atoms with Gasteiger partial charge < -0.3 is 10.1 Å². The van der Waals surface area contributed by atoms with Crippen LogP contribution in [-0.4, -0.2) is 67.1 Å². The summed E-state index contributed by atoms with van der Waals surface area (Å²) in [4.78, 5) is 25.8. The molecule has 1 aliphatic rings. The summed E-state index contributed by atoms with van der Waals surface area (Å²) in [5.41, 5.74) is 0.156. The monoisotopic (exact) mass is 495 g/mol. The highest BCUT2D eigenvalue weighted by Crippen LogP contribution is 2.20. The minimum absolute atomic E-state index is 0.0277. The van der Waals surface area contributed by atoms with E-state index >= 15 is 0 Å². The number of hydrogen-bond acceptors (Lipinski definition) is 8. The Morgan fingerprint density at radius 1 is 1.21 bits per heavy atom. The van der Waals surface area contributed by atoms with E-state index in [1.807, 2.05) is 20.8 Å². The smallest absolute Gasteiger partial charge is 0.251 e. The highest BCUT2D eigenvalue weighted by atomic mass is 32.2. The number of nitrogens with one attached hydrogen (secondary N) is 2. The van der Waals surface area contributed by atoms with E-state index in [4.69, 9.17) is 4.74 Å². The fraction of sp³-hybridized carbons (Fsp3) is 0.524. The molecule has 33 heavy (non-hydrogen) atoms. The molecule has 1 aromatic heterocycles. The van der Waals surface area contributed by atoms with E-state index in [-0.39, 0.29) is 29.5 Å². The topological polar surface area (TPSA) is 131 Å². The van der Waals surface area contributed by atoms with Crippen molar-refractivity contribution < 1.29 is 22.7 Å². The van der Waals surface area contributed by atoms with Crippen LogP contribution in [0.2, 0.25) is 0 Å². The molecule has 1 aliphatic heterocycles. The number of carbonyl (C=O) groups is 2. The minimum Gasteiger partial charge on any atom is -0.379 e. The van der Waals surface area contributed by atoms with Crippen LogP contribution < -0.4 is 10.6 Å². The lowest BCUT2D eigenvalue weighted by Gasteiger charge is -2.26. The van der Waals surface area contributed by atoms with E-state index in [0.29, 0.717) is 18.3 Å². The summed E-state index contributed by atoms with van der Waals surface area (Å²) in [7, 11) is -3.74. The van der Waals surface area contributed by atoms with Crippen LogP contribution in [-0.2, 0) is 26.0 Å². The molecule has 10 nitrogen and oxygen atoms in total. The average molecular weight is 496 g/mol. The maximum atomic E-state index is 12.9. The molecule has 0 radical (unpaired) electrons. The molecular formula is C21H29N5O5S2. The number of nitrogens with zero attached hydrogens (tertiary/aromatic N) is 3. The van der Waals surface area contributed by atoms with E-state index in [0.717, 1.165) is 17.8 Å². The molecule has 2 amide bonds. The zero-order valence-corrected chi connectivity index (χ0v) is 20.5. The lowest BCUT2D eigenvalue weighted by Crippen LogP contribution is -2.47. The number of aromatic nitrogens is 2. The predicted octanol–water partition coefficient (Wildman–Crippen LogP) is 1.90. The maximum absolute atomic E-state index is 12.9. The van der Waals surface area contributed by atoms with Gasteiger partial charge in [0.2, 0.25) is 21.1 Å². The van der Waals surface area contributed by atoms with E-state index in [9.17, 15) is 18.0 Å². The summed E-state index contributed by atoms with van der Waals surface area (Å²) < 4.78 is 32.4. The molecule has 1 atom stereocenters. The molecule has 1 saturated heterocycles. The number of aryl methyl sites for hydroxylation is 1.